The van der Waals surface area contributed by atoms with Crippen molar-refractivity contribution in [1.82, 2.24) is 4.57 Å². The van der Waals surface area contributed by atoms with Crippen molar-refractivity contribution >= 4 is 46.3 Å². The van der Waals surface area contributed by atoms with Crippen LogP contribution < -0.4 is 10.2 Å². The van der Waals surface area contributed by atoms with Crippen LogP contribution in [0.4, 0.5) is 5.69 Å². The number of carbonyl (C=O) groups excluding carboxylic acids is 1. The Morgan fingerprint density at radius 1 is 1.09 bits per heavy atom. The topological polar surface area (TPSA) is 71.3 Å². The molecule has 170 valence electrons. The predicted octanol–water partition coefficient (Wildman–Crippen LogP) is 5.56. The third kappa shape index (κ3) is 3.70. The van der Waals surface area contributed by atoms with Crippen LogP contribution in [0.15, 0.2) is 58.4 Å². The SMILES string of the molecule is O=C(Cn1c2c(sc1=O)[C@@H](c1ccc(Cl)cc1)C1C3CCC(C3)C1S2)Nc1ccc(O)cc1. The number of nitrogens with zero attached hydrogens (tertiary/aromatic N) is 1. The first kappa shape index (κ1) is 21.3. The molecule has 0 radical (unpaired) electrons. The van der Waals surface area contributed by atoms with Gasteiger partial charge in [-0.15, -0.1) is 11.8 Å². The molecule has 4 unspecified atom stereocenters. The van der Waals surface area contributed by atoms with E-state index in [0.29, 0.717) is 33.7 Å². The number of amides is 1. The summed E-state index contributed by atoms with van der Waals surface area (Å²) >= 11 is 9.29. The van der Waals surface area contributed by atoms with Crippen molar-refractivity contribution < 1.29 is 9.90 Å². The number of carbonyl (C=O) groups is 1. The molecule has 3 aliphatic rings. The van der Waals surface area contributed by atoms with Crippen LogP contribution in [-0.2, 0) is 11.3 Å². The third-order valence-electron chi connectivity index (χ3n) is 7.37. The van der Waals surface area contributed by atoms with Gasteiger partial charge in [-0.1, -0.05) is 35.1 Å². The lowest BCUT2D eigenvalue weighted by Crippen LogP contribution is -2.34. The number of fused-ring (bicyclic) bond motifs is 6. The van der Waals surface area contributed by atoms with Gasteiger partial charge in [0.15, 0.2) is 0 Å². The molecule has 2 bridgehead atoms. The number of halogens is 1. The Balaban J connectivity index is 1.36. The molecule has 2 aliphatic carbocycles. The zero-order valence-electron chi connectivity index (χ0n) is 17.7. The second-order valence-corrected chi connectivity index (χ2v) is 11.8. The zero-order valence-corrected chi connectivity index (χ0v) is 20.1. The monoisotopic (exact) mass is 498 g/mol. The van der Waals surface area contributed by atoms with E-state index in [9.17, 15) is 14.7 Å². The highest BCUT2D eigenvalue weighted by molar-refractivity contribution is 8.00. The van der Waals surface area contributed by atoms with Crippen LogP contribution >= 0.6 is 34.7 Å². The summed E-state index contributed by atoms with van der Waals surface area (Å²) in [6, 6.07) is 14.4. The highest BCUT2D eigenvalue weighted by Crippen LogP contribution is 2.64. The minimum absolute atomic E-state index is 0.0165. The number of nitrogens with one attached hydrogen (secondary N) is 1. The van der Waals surface area contributed by atoms with Gasteiger partial charge in [0.05, 0.1) is 5.03 Å². The third-order valence-corrected chi connectivity index (χ3v) is 10.5. The predicted molar refractivity (Wildman–Crippen MR) is 133 cm³/mol. The fourth-order valence-corrected chi connectivity index (χ4v) is 9.30. The van der Waals surface area contributed by atoms with Gasteiger partial charge in [-0.3, -0.25) is 14.2 Å². The average Bonchev–Trinajstić information content (AvgIpc) is 3.49. The maximum absolute atomic E-state index is 13.1. The largest absolute Gasteiger partial charge is 0.508 e. The summed E-state index contributed by atoms with van der Waals surface area (Å²) in [4.78, 5) is 26.9. The minimum Gasteiger partial charge on any atom is -0.508 e. The Morgan fingerprint density at radius 3 is 2.58 bits per heavy atom. The fraction of sp³-hybridized carbons (Fsp3) is 0.360. The number of phenols is 1. The Kier molecular flexibility index (Phi) is 5.31. The van der Waals surface area contributed by atoms with Gasteiger partial charge < -0.3 is 10.4 Å². The van der Waals surface area contributed by atoms with Crippen molar-refractivity contribution in [2.75, 3.05) is 5.32 Å². The standard InChI is InChI=1S/C25H23ClN2O3S2/c26-16-5-3-13(4-6-16)20-21-14-1-2-15(11-14)22(21)32-24-23(20)33-25(31)28(24)12-19(30)27-17-7-9-18(29)10-8-17/h3-10,14-15,20-22,29H,1-2,11-12H2,(H,27,30)/t14?,15?,20-,21?,22?/m0/s1. The van der Waals surface area contributed by atoms with E-state index in [0.717, 1.165) is 9.90 Å². The Labute approximate surface area is 204 Å². The number of hydrogen-bond acceptors (Lipinski definition) is 5. The van der Waals surface area contributed by atoms with E-state index in [1.807, 2.05) is 23.9 Å². The lowest BCUT2D eigenvalue weighted by Gasteiger charge is -2.40. The summed E-state index contributed by atoms with van der Waals surface area (Å²) in [5.74, 6) is 1.98. The molecule has 8 heteroatoms. The van der Waals surface area contributed by atoms with E-state index in [4.69, 9.17) is 11.6 Å². The quantitative estimate of drug-likeness (QED) is 0.462. The molecule has 1 aliphatic heterocycles. The Morgan fingerprint density at radius 2 is 1.82 bits per heavy atom. The van der Waals surface area contributed by atoms with Crippen molar-refractivity contribution in [1.29, 1.82) is 0 Å². The van der Waals surface area contributed by atoms with Crippen LogP contribution in [0.25, 0.3) is 0 Å². The van der Waals surface area contributed by atoms with E-state index in [1.165, 1.54) is 48.3 Å². The van der Waals surface area contributed by atoms with Gasteiger partial charge in [0.25, 0.3) is 0 Å². The van der Waals surface area contributed by atoms with E-state index in [2.05, 4.69) is 17.4 Å². The smallest absolute Gasteiger partial charge is 0.308 e. The summed E-state index contributed by atoms with van der Waals surface area (Å²) in [5, 5.41) is 14.4. The molecule has 6 rings (SSSR count). The molecule has 1 aromatic heterocycles. The first-order chi connectivity index (χ1) is 16.0. The van der Waals surface area contributed by atoms with E-state index in [-0.39, 0.29) is 29.0 Å². The molecule has 2 heterocycles. The molecule has 2 aromatic carbocycles. The van der Waals surface area contributed by atoms with Gasteiger partial charge >= 0.3 is 4.87 Å². The maximum atomic E-state index is 13.1. The molecule has 2 N–H and O–H groups in total. The van der Waals surface area contributed by atoms with Crippen LogP contribution in [0.1, 0.15) is 35.6 Å². The molecular formula is C25H23ClN2O3S2. The summed E-state index contributed by atoms with van der Waals surface area (Å²) < 4.78 is 1.66. The van der Waals surface area contributed by atoms with Crippen molar-refractivity contribution in [2.45, 2.75) is 42.0 Å². The minimum atomic E-state index is -0.248. The van der Waals surface area contributed by atoms with E-state index < -0.39 is 0 Å². The molecule has 2 fully saturated rings. The molecule has 3 aromatic rings. The highest BCUT2D eigenvalue weighted by atomic mass is 35.5. The van der Waals surface area contributed by atoms with Gasteiger partial charge in [0, 0.05) is 26.8 Å². The van der Waals surface area contributed by atoms with Crippen LogP contribution in [0.3, 0.4) is 0 Å². The Hall–Kier alpha value is -2.22. The number of hydrogen-bond donors (Lipinski definition) is 2. The lowest BCUT2D eigenvalue weighted by molar-refractivity contribution is -0.116. The normalized spacial score (nSPS) is 27.2. The highest BCUT2D eigenvalue weighted by Gasteiger charge is 2.55. The molecule has 1 amide bonds. The van der Waals surface area contributed by atoms with Crippen molar-refractivity contribution in [2.24, 2.45) is 17.8 Å². The summed E-state index contributed by atoms with van der Waals surface area (Å²) in [5.41, 5.74) is 1.81. The number of thioether (sulfide) groups is 1. The summed E-state index contributed by atoms with van der Waals surface area (Å²) in [7, 11) is 0. The number of rotatable bonds is 4. The second-order valence-electron chi connectivity index (χ2n) is 9.24. The summed E-state index contributed by atoms with van der Waals surface area (Å²) in [6.45, 7) is -0.0165. The zero-order chi connectivity index (χ0) is 22.7. The number of benzene rings is 2. The maximum Gasteiger partial charge on any atom is 0.308 e. The van der Waals surface area contributed by atoms with Gasteiger partial charge in [-0.25, -0.2) is 0 Å². The molecule has 0 saturated heterocycles. The van der Waals surface area contributed by atoms with Gasteiger partial charge in [-0.2, -0.15) is 0 Å². The number of phenolic OH excluding ortho intramolecular Hbond substituents is 1. The van der Waals surface area contributed by atoms with E-state index in [1.54, 1.807) is 16.7 Å². The first-order valence-electron chi connectivity index (χ1n) is 11.2. The number of anilines is 1. The second kappa shape index (κ2) is 8.22. The molecule has 5 atom stereocenters. The van der Waals surface area contributed by atoms with Crippen LogP contribution in [-0.4, -0.2) is 20.8 Å². The van der Waals surface area contributed by atoms with E-state index >= 15 is 0 Å². The van der Waals surface area contributed by atoms with Gasteiger partial charge in [-0.05, 0) is 79.0 Å². The fourth-order valence-electron chi connectivity index (χ4n) is 6.02. The summed E-state index contributed by atoms with van der Waals surface area (Å²) in [6.07, 6.45) is 3.81. The van der Waals surface area contributed by atoms with Crippen molar-refractivity contribution in [3.8, 4) is 5.75 Å². The molecule has 2 saturated carbocycles. The van der Waals surface area contributed by atoms with Gasteiger partial charge in [0.1, 0.15) is 12.3 Å². The number of aromatic nitrogens is 1. The molecule has 0 spiro atoms. The lowest BCUT2D eigenvalue weighted by atomic mass is 9.75. The number of aromatic hydroxyl groups is 1. The number of thiazole rings is 1. The Bertz CT molecular complexity index is 1270. The van der Waals surface area contributed by atoms with Crippen molar-refractivity contribution in [3.63, 3.8) is 0 Å². The van der Waals surface area contributed by atoms with Crippen LogP contribution in [0, 0.1) is 17.8 Å². The molecule has 5 nitrogen and oxygen atoms in total. The first-order valence-corrected chi connectivity index (χ1v) is 13.3. The molecule has 33 heavy (non-hydrogen) atoms. The molecular weight excluding hydrogens is 476 g/mol. The van der Waals surface area contributed by atoms with Gasteiger partial charge in [0.2, 0.25) is 5.91 Å². The van der Waals surface area contributed by atoms with Crippen molar-refractivity contribution in [3.05, 3.63) is 73.7 Å². The van der Waals surface area contributed by atoms with Crippen LogP contribution in [0.5, 0.6) is 5.75 Å². The average molecular weight is 499 g/mol. The van der Waals surface area contributed by atoms with Crippen LogP contribution in [0.2, 0.25) is 5.02 Å².